The van der Waals surface area contributed by atoms with E-state index < -0.39 is 17.8 Å². The zero-order valence-corrected chi connectivity index (χ0v) is 20.9. The lowest BCUT2D eigenvalue weighted by Gasteiger charge is -2.36. The summed E-state index contributed by atoms with van der Waals surface area (Å²) in [6.07, 6.45) is 0.640. The zero-order chi connectivity index (χ0) is 27.6. The largest absolute Gasteiger partial charge is 0.430 e. The van der Waals surface area contributed by atoms with Crippen molar-refractivity contribution in [2.75, 3.05) is 5.32 Å². The van der Waals surface area contributed by atoms with Crippen LogP contribution in [0.2, 0.25) is 0 Å². The Morgan fingerprint density at radius 2 is 1.76 bits per heavy atom. The first-order valence-electron chi connectivity index (χ1n) is 11.7. The number of carbonyl (C=O) groups is 1. The quantitative estimate of drug-likeness (QED) is 0.292. The van der Waals surface area contributed by atoms with Gasteiger partial charge in [-0.1, -0.05) is 48.5 Å². The molecular weight excluding hydrogens is 495 g/mol. The van der Waals surface area contributed by atoms with E-state index in [2.05, 4.69) is 21.0 Å². The van der Waals surface area contributed by atoms with Crippen molar-refractivity contribution in [1.29, 1.82) is 0 Å². The van der Waals surface area contributed by atoms with Crippen molar-refractivity contribution in [2.24, 2.45) is 5.73 Å². The van der Waals surface area contributed by atoms with Crippen LogP contribution in [0.1, 0.15) is 29.3 Å². The molecule has 4 aromatic rings. The van der Waals surface area contributed by atoms with Gasteiger partial charge in [-0.05, 0) is 48.7 Å². The molecule has 38 heavy (non-hydrogen) atoms. The van der Waals surface area contributed by atoms with Gasteiger partial charge in [0, 0.05) is 25.0 Å². The van der Waals surface area contributed by atoms with Crippen LogP contribution in [-0.4, -0.2) is 33.6 Å². The molecule has 0 aliphatic rings. The molecule has 0 aliphatic heterocycles. The van der Waals surface area contributed by atoms with Crippen LogP contribution < -0.4 is 15.8 Å². The van der Waals surface area contributed by atoms with Crippen LogP contribution in [0.4, 0.5) is 19.0 Å². The standard InChI is InChI=1S/C27H25F3N4O.CH3NO/c1-19-11-12-24(33-17-19)26(16-21-7-4-3-5-8-21,34-25-18-31-13-14-32-25)22-9-6-10-23(15-22)35-27(29,30)20(2)28;2-1-3/h3-15,17-18,20H,16H2,1-2H3,(H,32,34);1H,(H2,2,3)/t20?,26-;/m0./s1. The van der Waals surface area contributed by atoms with Gasteiger partial charge in [0.05, 0.1) is 11.9 Å². The highest BCUT2D eigenvalue weighted by Crippen LogP contribution is 2.38. The summed E-state index contributed by atoms with van der Waals surface area (Å²) in [5.41, 5.74) is 6.29. The molecule has 1 unspecified atom stereocenters. The molecule has 2 atom stereocenters. The Labute approximate surface area is 218 Å². The lowest BCUT2D eigenvalue weighted by molar-refractivity contribution is -0.215. The predicted octanol–water partition coefficient (Wildman–Crippen LogP) is 5.21. The van der Waals surface area contributed by atoms with Crippen LogP contribution in [0.25, 0.3) is 0 Å². The van der Waals surface area contributed by atoms with Gasteiger partial charge in [-0.15, -0.1) is 0 Å². The van der Waals surface area contributed by atoms with Gasteiger partial charge in [0.15, 0.2) is 0 Å². The Balaban J connectivity index is 0.00000127. The van der Waals surface area contributed by atoms with Crippen LogP contribution in [0.15, 0.2) is 91.5 Å². The molecule has 0 saturated carbocycles. The first-order valence-corrected chi connectivity index (χ1v) is 11.7. The highest BCUT2D eigenvalue weighted by molar-refractivity contribution is 5.50. The number of hydrogen-bond donors (Lipinski definition) is 2. The fourth-order valence-corrected chi connectivity index (χ4v) is 3.79. The summed E-state index contributed by atoms with van der Waals surface area (Å²) in [6.45, 7) is 2.69. The number of nitrogens with one attached hydrogen (secondary N) is 1. The van der Waals surface area contributed by atoms with E-state index in [1.807, 2.05) is 49.4 Å². The first-order chi connectivity index (χ1) is 18.2. The van der Waals surface area contributed by atoms with Gasteiger partial charge >= 0.3 is 6.11 Å². The van der Waals surface area contributed by atoms with E-state index in [1.54, 1.807) is 36.9 Å². The Kier molecular flexibility index (Phi) is 9.37. The molecule has 7 nitrogen and oxygen atoms in total. The van der Waals surface area contributed by atoms with Gasteiger partial charge in [-0.3, -0.25) is 14.8 Å². The number of rotatable bonds is 9. The molecule has 2 aromatic carbocycles. The maximum Gasteiger partial charge on any atom is 0.429 e. The lowest BCUT2D eigenvalue weighted by Crippen LogP contribution is -2.40. The maximum atomic E-state index is 14.1. The SMILES string of the molecule is Cc1ccc([C@@](Cc2ccccc2)(Nc2cnccn2)c2cccc(OC(F)(F)C(C)F)c2)nc1.NC=O. The number of ether oxygens (including phenoxy) is 1. The second-order valence-corrected chi connectivity index (χ2v) is 8.45. The van der Waals surface area contributed by atoms with Crippen LogP contribution in [0.3, 0.4) is 0 Å². The molecule has 0 fully saturated rings. The minimum atomic E-state index is -3.97. The zero-order valence-electron chi connectivity index (χ0n) is 20.9. The topological polar surface area (TPSA) is 103 Å². The van der Waals surface area contributed by atoms with Gasteiger partial charge in [0.2, 0.25) is 12.6 Å². The first kappa shape index (κ1) is 28.1. The number of carbonyl (C=O) groups excluding carboxylic acids is 1. The van der Waals surface area contributed by atoms with Crippen LogP contribution in [0.5, 0.6) is 5.75 Å². The summed E-state index contributed by atoms with van der Waals surface area (Å²) in [4.78, 5) is 21.8. The lowest BCUT2D eigenvalue weighted by atomic mass is 9.80. The number of nitrogens with zero attached hydrogens (tertiary/aromatic N) is 3. The molecule has 3 N–H and O–H groups in total. The fourth-order valence-electron chi connectivity index (χ4n) is 3.79. The number of pyridine rings is 1. The van der Waals surface area contributed by atoms with E-state index in [9.17, 15) is 13.2 Å². The molecule has 1 amide bonds. The highest BCUT2D eigenvalue weighted by atomic mass is 19.3. The fraction of sp³-hybridized carbons (Fsp3) is 0.214. The normalized spacial score (nSPS) is 13.3. The molecule has 198 valence electrons. The van der Waals surface area contributed by atoms with E-state index in [-0.39, 0.29) is 12.2 Å². The van der Waals surface area contributed by atoms with Crippen molar-refractivity contribution in [3.05, 3.63) is 114 Å². The Morgan fingerprint density at radius 1 is 1.03 bits per heavy atom. The van der Waals surface area contributed by atoms with E-state index >= 15 is 0 Å². The summed E-state index contributed by atoms with van der Waals surface area (Å²) >= 11 is 0. The minimum absolute atomic E-state index is 0.164. The van der Waals surface area contributed by atoms with Crippen molar-refractivity contribution in [2.45, 2.75) is 38.1 Å². The molecule has 0 saturated heterocycles. The van der Waals surface area contributed by atoms with E-state index in [4.69, 9.17) is 14.5 Å². The number of primary amides is 1. The van der Waals surface area contributed by atoms with E-state index in [0.29, 0.717) is 23.5 Å². The number of halogens is 3. The Hall–Kier alpha value is -4.47. The average molecular weight is 524 g/mol. The van der Waals surface area contributed by atoms with Crippen LogP contribution >= 0.6 is 0 Å². The van der Waals surface area contributed by atoms with Crippen LogP contribution in [-0.2, 0) is 16.8 Å². The number of aromatic nitrogens is 3. The molecule has 0 bridgehead atoms. The number of benzene rings is 2. The summed E-state index contributed by atoms with van der Waals surface area (Å²) in [6, 6.07) is 19.8. The van der Waals surface area contributed by atoms with Crippen LogP contribution in [0, 0.1) is 6.92 Å². The molecule has 0 aliphatic carbocycles. The summed E-state index contributed by atoms with van der Waals surface area (Å²) < 4.78 is 46.4. The van der Waals surface area contributed by atoms with Crippen molar-refractivity contribution in [3.63, 3.8) is 0 Å². The van der Waals surface area contributed by atoms with Crippen molar-refractivity contribution in [3.8, 4) is 5.75 Å². The number of hydrogen-bond acceptors (Lipinski definition) is 6. The molecule has 0 radical (unpaired) electrons. The monoisotopic (exact) mass is 523 g/mol. The third-order valence-electron chi connectivity index (χ3n) is 5.61. The number of nitrogens with two attached hydrogens (primary N) is 1. The Bertz CT molecular complexity index is 1250. The molecular formula is C28H28F3N5O2. The second kappa shape index (κ2) is 12.7. The maximum absolute atomic E-state index is 14.1. The molecule has 0 spiro atoms. The second-order valence-electron chi connectivity index (χ2n) is 8.45. The molecule has 4 rings (SSSR count). The smallest absolute Gasteiger partial charge is 0.429 e. The van der Waals surface area contributed by atoms with E-state index in [0.717, 1.165) is 18.1 Å². The third-order valence-corrected chi connectivity index (χ3v) is 5.61. The van der Waals surface area contributed by atoms with Crippen molar-refractivity contribution < 1.29 is 22.7 Å². The minimum Gasteiger partial charge on any atom is -0.430 e. The van der Waals surface area contributed by atoms with Gasteiger partial charge in [-0.25, -0.2) is 9.37 Å². The Morgan fingerprint density at radius 3 is 2.37 bits per heavy atom. The van der Waals surface area contributed by atoms with Crippen molar-refractivity contribution >= 4 is 12.2 Å². The summed E-state index contributed by atoms with van der Waals surface area (Å²) in [7, 11) is 0. The van der Waals surface area contributed by atoms with Crippen molar-refractivity contribution in [1.82, 2.24) is 15.0 Å². The number of alkyl halides is 3. The average Bonchev–Trinajstić information content (AvgIpc) is 2.90. The molecule has 2 aromatic heterocycles. The molecule has 10 heteroatoms. The van der Waals surface area contributed by atoms with Gasteiger partial charge in [-0.2, -0.15) is 8.78 Å². The number of aryl methyl sites for hydroxylation is 1. The van der Waals surface area contributed by atoms with Gasteiger partial charge in [0.1, 0.15) is 17.1 Å². The molecule has 2 heterocycles. The van der Waals surface area contributed by atoms with Gasteiger partial charge in [0.25, 0.3) is 0 Å². The third kappa shape index (κ3) is 7.06. The predicted molar refractivity (Wildman–Crippen MR) is 138 cm³/mol. The van der Waals surface area contributed by atoms with Gasteiger partial charge < -0.3 is 15.8 Å². The number of amides is 1. The highest BCUT2D eigenvalue weighted by Gasteiger charge is 2.41. The summed E-state index contributed by atoms with van der Waals surface area (Å²) in [5, 5.41) is 3.45. The number of anilines is 1. The summed E-state index contributed by atoms with van der Waals surface area (Å²) in [5.74, 6) is 0.308. The van der Waals surface area contributed by atoms with E-state index in [1.165, 1.54) is 12.1 Å².